The van der Waals surface area contributed by atoms with Crippen LogP contribution in [0, 0.1) is 17.2 Å². The van der Waals surface area contributed by atoms with E-state index in [1.54, 1.807) is 28.8 Å². The van der Waals surface area contributed by atoms with Gasteiger partial charge in [0.25, 0.3) is 23.3 Å². The number of nitriles is 1. The van der Waals surface area contributed by atoms with Gasteiger partial charge in [0.05, 0.1) is 24.7 Å². The number of anilines is 1. The lowest BCUT2D eigenvalue weighted by Gasteiger charge is -2.39. The van der Waals surface area contributed by atoms with Gasteiger partial charge >= 0.3 is 0 Å². The van der Waals surface area contributed by atoms with Crippen molar-refractivity contribution in [2.75, 3.05) is 31.5 Å². The smallest absolute Gasteiger partial charge is 0.282 e. The molecular formula is C35H36F2N6O3. The molecule has 2 aliphatic carbocycles. The Bertz CT molecular complexity index is 1820. The van der Waals surface area contributed by atoms with Crippen LogP contribution < -0.4 is 10.9 Å². The number of hydrogen-bond acceptors (Lipinski definition) is 6. The number of piperidine rings is 1. The fourth-order valence-electron chi connectivity index (χ4n) is 6.63. The molecule has 0 radical (unpaired) electrons. The van der Waals surface area contributed by atoms with Crippen molar-refractivity contribution in [2.24, 2.45) is 5.92 Å². The Hall–Kier alpha value is -4.43. The largest absolute Gasteiger partial charge is 0.326 e. The van der Waals surface area contributed by atoms with Crippen molar-refractivity contribution in [1.82, 2.24) is 19.4 Å². The monoisotopic (exact) mass is 626 g/mol. The summed E-state index contributed by atoms with van der Waals surface area (Å²) in [4.78, 5) is 48.8. The van der Waals surface area contributed by atoms with Gasteiger partial charge in [0.15, 0.2) is 0 Å². The molecular weight excluding hydrogens is 590 g/mol. The predicted octanol–water partition coefficient (Wildman–Crippen LogP) is 5.57. The maximum absolute atomic E-state index is 13.8. The second-order valence-electron chi connectivity index (χ2n) is 13.5. The molecule has 1 atom stereocenters. The summed E-state index contributed by atoms with van der Waals surface area (Å²) in [6.45, 7) is 3.51. The normalized spacial score (nSPS) is 20.9. The predicted molar refractivity (Wildman–Crippen MR) is 168 cm³/mol. The van der Waals surface area contributed by atoms with Crippen LogP contribution in [0.25, 0.3) is 11.1 Å². The van der Waals surface area contributed by atoms with Crippen molar-refractivity contribution < 1.29 is 18.4 Å². The lowest BCUT2D eigenvalue weighted by Crippen LogP contribution is -2.58. The fraction of sp³-hybridized carbons (Fsp3) is 0.457. The number of aromatic nitrogens is 2. The molecule has 1 aromatic carbocycles. The van der Waals surface area contributed by atoms with Crippen LogP contribution >= 0.6 is 0 Å². The number of alkyl halides is 2. The van der Waals surface area contributed by atoms with Gasteiger partial charge in [0.1, 0.15) is 11.4 Å². The summed E-state index contributed by atoms with van der Waals surface area (Å²) in [5.41, 5.74) is 2.76. The summed E-state index contributed by atoms with van der Waals surface area (Å²) in [7, 11) is 0. The van der Waals surface area contributed by atoms with Crippen molar-refractivity contribution in [3.8, 4) is 17.2 Å². The first-order valence-electron chi connectivity index (χ1n) is 16.1. The number of likely N-dealkylation sites (tertiary alicyclic amines) is 2. The SMILES string of the molecule is C[C@H]1CCCN(Cc2cc(C(=O)Nc3cc(-c4ccc(C#N)cc4C(=O)N4CC(F)(F)C4)cc(C4CC4)n3)c(=O)n(C3CC3)c2)C1. The van der Waals surface area contributed by atoms with Gasteiger partial charge in [-0.3, -0.25) is 19.3 Å². The molecule has 2 saturated heterocycles. The van der Waals surface area contributed by atoms with E-state index in [9.17, 15) is 28.4 Å². The summed E-state index contributed by atoms with van der Waals surface area (Å²) in [5, 5.41) is 12.4. The Balaban J connectivity index is 1.21. The summed E-state index contributed by atoms with van der Waals surface area (Å²) in [6, 6.07) is 11.9. The van der Waals surface area contributed by atoms with Crippen LogP contribution in [-0.4, -0.2) is 63.3 Å². The molecule has 3 aromatic rings. The number of rotatable bonds is 8. The molecule has 9 nitrogen and oxygen atoms in total. The first-order chi connectivity index (χ1) is 22.1. The highest BCUT2D eigenvalue weighted by molar-refractivity contribution is 6.05. The van der Waals surface area contributed by atoms with E-state index in [0.29, 0.717) is 23.6 Å². The van der Waals surface area contributed by atoms with Crippen LogP contribution in [-0.2, 0) is 6.54 Å². The van der Waals surface area contributed by atoms with E-state index >= 15 is 0 Å². The number of halogens is 2. The van der Waals surface area contributed by atoms with Crippen LogP contribution in [0.5, 0.6) is 0 Å². The van der Waals surface area contributed by atoms with Crippen molar-refractivity contribution in [2.45, 2.75) is 69.9 Å². The lowest BCUT2D eigenvalue weighted by atomic mass is 9.95. The zero-order valence-electron chi connectivity index (χ0n) is 25.8. The van der Waals surface area contributed by atoms with Crippen LogP contribution in [0.1, 0.15) is 94.9 Å². The Morgan fingerprint density at radius 1 is 1.07 bits per heavy atom. The van der Waals surface area contributed by atoms with Crippen LogP contribution in [0.2, 0.25) is 0 Å². The molecule has 7 rings (SSSR count). The van der Waals surface area contributed by atoms with Crippen LogP contribution in [0.4, 0.5) is 14.6 Å². The second kappa shape index (κ2) is 11.7. The van der Waals surface area contributed by atoms with Crippen molar-refractivity contribution in [1.29, 1.82) is 5.26 Å². The highest BCUT2D eigenvalue weighted by Crippen LogP contribution is 2.42. The van der Waals surface area contributed by atoms with E-state index < -0.39 is 30.8 Å². The van der Waals surface area contributed by atoms with E-state index in [2.05, 4.69) is 17.1 Å². The Kier molecular flexibility index (Phi) is 7.71. The van der Waals surface area contributed by atoms with E-state index in [1.165, 1.54) is 12.5 Å². The lowest BCUT2D eigenvalue weighted by molar-refractivity contribution is -0.113. The van der Waals surface area contributed by atoms with Crippen molar-refractivity contribution >= 4 is 17.6 Å². The minimum atomic E-state index is -2.93. The average molecular weight is 627 g/mol. The molecule has 11 heteroatoms. The van der Waals surface area contributed by atoms with Gasteiger partial charge in [-0.25, -0.2) is 13.8 Å². The summed E-state index contributed by atoms with van der Waals surface area (Å²) < 4.78 is 29.0. The minimum absolute atomic E-state index is 0.0579. The number of pyridine rings is 2. The number of benzene rings is 1. The highest BCUT2D eigenvalue weighted by Gasteiger charge is 2.46. The van der Waals surface area contributed by atoms with Gasteiger partial charge in [-0.05, 0) is 98.0 Å². The average Bonchev–Trinajstić information content (AvgIpc) is 3.94. The van der Waals surface area contributed by atoms with Crippen LogP contribution in [0.15, 0.2) is 47.4 Å². The maximum atomic E-state index is 13.8. The third kappa shape index (κ3) is 6.31. The minimum Gasteiger partial charge on any atom is -0.326 e. The number of nitrogens with zero attached hydrogens (tertiary/aromatic N) is 5. The molecule has 4 aliphatic rings. The summed E-state index contributed by atoms with van der Waals surface area (Å²) in [6.07, 6.45) is 7.88. The molecule has 0 unspecified atom stereocenters. The zero-order chi connectivity index (χ0) is 32.2. The number of nitrogens with one attached hydrogen (secondary N) is 1. The standard InChI is InChI=1S/C35H36F2N6O3/c1-21-3-2-10-41(16-21)17-23-12-29(34(46)43(18-23)26-7-8-26)32(44)40-31-14-25(13-30(39-31)24-5-6-24)27-9-4-22(15-38)11-28(27)33(45)42-19-35(36,37)20-42/h4,9,11-14,18,21,24,26H,2-3,5-8,10,16-17,19-20H2,1H3,(H,39,40,44)/t21-/m0/s1. The summed E-state index contributed by atoms with van der Waals surface area (Å²) >= 11 is 0. The van der Waals surface area contributed by atoms with Gasteiger partial charge in [-0.2, -0.15) is 5.26 Å². The van der Waals surface area contributed by atoms with E-state index in [-0.39, 0.29) is 40.0 Å². The quantitative estimate of drug-likeness (QED) is 0.350. The van der Waals surface area contributed by atoms with Crippen LogP contribution in [0.3, 0.4) is 0 Å². The Morgan fingerprint density at radius 2 is 1.85 bits per heavy atom. The van der Waals surface area contributed by atoms with Gasteiger partial charge in [-0.15, -0.1) is 0 Å². The maximum Gasteiger partial charge on any atom is 0.282 e. The second-order valence-corrected chi connectivity index (χ2v) is 13.5. The van der Waals surface area contributed by atoms with E-state index in [0.717, 1.165) is 61.4 Å². The van der Waals surface area contributed by atoms with Gasteiger partial charge < -0.3 is 14.8 Å². The van der Waals surface area contributed by atoms with Crippen molar-refractivity contribution in [3.63, 3.8) is 0 Å². The molecule has 238 valence electrons. The molecule has 2 aromatic heterocycles. The molecule has 2 saturated carbocycles. The number of hydrogen-bond donors (Lipinski definition) is 1. The van der Waals surface area contributed by atoms with E-state index in [4.69, 9.17) is 4.98 Å². The third-order valence-electron chi connectivity index (χ3n) is 9.34. The Morgan fingerprint density at radius 3 is 2.52 bits per heavy atom. The van der Waals surface area contributed by atoms with Gasteiger partial charge in [-0.1, -0.05) is 13.0 Å². The number of amides is 2. The molecule has 4 heterocycles. The highest BCUT2D eigenvalue weighted by atomic mass is 19.3. The molecule has 0 spiro atoms. The molecule has 2 aliphatic heterocycles. The van der Waals surface area contributed by atoms with Crippen molar-refractivity contribution in [3.05, 3.63) is 80.9 Å². The molecule has 4 fully saturated rings. The summed E-state index contributed by atoms with van der Waals surface area (Å²) in [5.74, 6) is -3.06. The molecule has 46 heavy (non-hydrogen) atoms. The third-order valence-corrected chi connectivity index (χ3v) is 9.34. The Labute approximate surface area is 265 Å². The number of carbonyl (C=O) groups excluding carboxylic acids is 2. The topological polar surface area (TPSA) is 111 Å². The van der Waals surface area contributed by atoms with Gasteiger partial charge in [0, 0.05) is 42.5 Å². The molecule has 0 bridgehead atoms. The molecule has 1 N–H and O–H groups in total. The number of carbonyl (C=O) groups is 2. The van der Waals surface area contributed by atoms with E-state index in [1.807, 2.05) is 18.3 Å². The first-order valence-corrected chi connectivity index (χ1v) is 16.1. The van der Waals surface area contributed by atoms with Gasteiger partial charge in [0.2, 0.25) is 0 Å². The molecule has 2 amide bonds. The fourth-order valence-corrected chi connectivity index (χ4v) is 6.63. The first kappa shape index (κ1) is 30.2. The zero-order valence-corrected chi connectivity index (χ0v) is 25.8.